The number of phenols is 1. The number of anilines is 1. The Hall–Kier alpha value is -2.60. The molecule has 0 aromatic heterocycles. The minimum Gasteiger partial charge on any atom is -0.508 e. The summed E-state index contributed by atoms with van der Waals surface area (Å²) >= 11 is 5.78. The topological polar surface area (TPSA) is 92.5 Å². The number of carbonyl (C=O) groups excluding carboxylic acids is 1. The second kappa shape index (κ2) is 5.80. The van der Waals surface area contributed by atoms with Crippen LogP contribution in [0.1, 0.15) is 15.9 Å². The van der Waals surface area contributed by atoms with Crippen LogP contribution in [-0.2, 0) is 0 Å². The summed E-state index contributed by atoms with van der Waals surface area (Å²) in [5.74, 6) is -0.432. The molecule has 0 spiro atoms. The molecule has 21 heavy (non-hydrogen) atoms. The first kappa shape index (κ1) is 14.8. The molecule has 7 heteroatoms. The van der Waals surface area contributed by atoms with Crippen LogP contribution >= 0.6 is 11.6 Å². The molecule has 0 heterocycles. The van der Waals surface area contributed by atoms with Crippen LogP contribution < -0.4 is 5.32 Å². The lowest BCUT2D eigenvalue weighted by Crippen LogP contribution is -2.13. The number of phenolic OH excluding ortho intramolecular Hbond substituents is 1. The van der Waals surface area contributed by atoms with Gasteiger partial charge in [-0.2, -0.15) is 0 Å². The number of amides is 1. The summed E-state index contributed by atoms with van der Waals surface area (Å²) in [7, 11) is 0. The highest BCUT2D eigenvalue weighted by Gasteiger charge is 2.14. The van der Waals surface area contributed by atoms with E-state index in [2.05, 4.69) is 5.32 Å². The molecule has 0 saturated carbocycles. The van der Waals surface area contributed by atoms with Gasteiger partial charge in [-0.3, -0.25) is 14.9 Å². The minimum atomic E-state index is -0.617. The van der Waals surface area contributed by atoms with Crippen molar-refractivity contribution >= 4 is 28.9 Å². The second-order valence-corrected chi connectivity index (χ2v) is 4.84. The number of nitrogens with one attached hydrogen (secondary N) is 1. The molecule has 0 saturated heterocycles. The van der Waals surface area contributed by atoms with Crippen molar-refractivity contribution in [3.05, 3.63) is 62.7 Å². The van der Waals surface area contributed by atoms with Gasteiger partial charge in [-0.15, -0.1) is 0 Å². The Bertz CT molecular complexity index is 731. The molecule has 108 valence electrons. The molecule has 0 fully saturated rings. The van der Waals surface area contributed by atoms with Crippen LogP contribution in [0.4, 0.5) is 11.4 Å². The number of halogens is 1. The Labute approximate surface area is 125 Å². The molecule has 6 nitrogen and oxygen atoms in total. The molecule has 0 radical (unpaired) electrons. The van der Waals surface area contributed by atoms with Crippen molar-refractivity contribution in [1.29, 1.82) is 0 Å². The monoisotopic (exact) mass is 306 g/mol. The zero-order valence-corrected chi connectivity index (χ0v) is 11.7. The third-order valence-electron chi connectivity index (χ3n) is 2.81. The summed E-state index contributed by atoms with van der Waals surface area (Å²) in [5, 5.41) is 22.8. The van der Waals surface area contributed by atoms with Crippen molar-refractivity contribution in [2.45, 2.75) is 6.92 Å². The third kappa shape index (κ3) is 3.49. The maximum absolute atomic E-state index is 12.1. The maximum atomic E-state index is 12.1. The highest BCUT2D eigenvalue weighted by molar-refractivity contribution is 6.31. The average molecular weight is 307 g/mol. The Morgan fingerprint density at radius 1 is 1.29 bits per heavy atom. The van der Waals surface area contributed by atoms with Gasteiger partial charge in [-0.05, 0) is 36.8 Å². The van der Waals surface area contributed by atoms with Gasteiger partial charge in [-0.25, -0.2) is 0 Å². The van der Waals surface area contributed by atoms with Crippen molar-refractivity contribution in [2.24, 2.45) is 0 Å². The van der Waals surface area contributed by atoms with E-state index in [9.17, 15) is 20.0 Å². The first-order valence-corrected chi connectivity index (χ1v) is 6.30. The highest BCUT2D eigenvalue weighted by atomic mass is 35.5. The largest absolute Gasteiger partial charge is 0.508 e. The smallest absolute Gasteiger partial charge is 0.271 e. The summed E-state index contributed by atoms with van der Waals surface area (Å²) in [4.78, 5) is 22.3. The summed E-state index contributed by atoms with van der Waals surface area (Å²) in [6.07, 6.45) is 0. The molecule has 0 unspecified atom stereocenters. The molecule has 2 N–H and O–H groups in total. The number of nitro groups is 1. The van der Waals surface area contributed by atoms with Gasteiger partial charge in [0.25, 0.3) is 11.6 Å². The first-order chi connectivity index (χ1) is 9.86. The summed E-state index contributed by atoms with van der Waals surface area (Å²) in [6.45, 7) is 1.72. The van der Waals surface area contributed by atoms with Crippen LogP contribution in [0.2, 0.25) is 5.02 Å². The van der Waals surface area contributed by atoms with E-state index in [4.69, 9.17) is 11.6 Å². The minimum absolute atomic E-state index is 0.0849. The number of rotatable bonds is 3. The fraction of sp³-hybridized carbons (Fsp3) is 0.0714. The number of benzene rings is 2. The zero-order valence-electron chi connectivity index (χ0n) is 11.0. The van der Waals surface area contributed by atoms with E-state index < -0.39 is 10.8 Å². The molecule has 0 atom stereocenters. The van der Waals surface area contributed by atoms with Crippen LogP contribution in [0.5, 0.6) is 5.75 Å². The maximum Gasteiger partial charge on any atom is 0.271 e. The van der Waals surface area contributed by atoms with Gasteiger partial charge < -0.3 is 10.4 Å². The van der Waals surface area contributed by atoms with Crippen LogP contribution in [0.15, 0.2) is 36.4 Å². The Kier molecular flexibility index (Phi) is 4.09. The van der Waals surface area contributed by atoms with Gasteiger partial charge in [0.05, 0.1) is 4.92 Å². The number of hydrogen-bond acceptors (Lipinski definition) is 4. The lowest BCUT2D eigenvalue weighted by atomic mass is 10.1. The molecule has 2 rings (SSSR count). The average Bonchev–Trinajstić information content (AvgIpc) is 2.41. The predicted molar refractivity (Wildman–Crippen MR) is 78.9 cm³/mol. The van der Waals surface area contributed by atoms with Crippen LogP contribution in [0.3, 0.4) is 0 Å². The fourth-order valence-corrected chi connectivity index (χ4v) is 2.02. The SMILES string of the molecule is Cc1cc(O)ccc1NC(=O)c1cc(Cl)cc([N+](=O)[O-])c1. The van der Waals surface area contributed by atoms with E-state index in [1.807, 2.05) is 0 Å². The molecular weight excluding hydrogens is 296 g/mol. The van der Waals surface area contributed by atoms with Gasteiger partial charge in [0.1, 0.15) is 5.75 Å². The van der Waals surface area contributed by atoms with Gasteiger partial charge in [0, 0.05) is 28.4 Å². The first-order valence-electron chi connectivity index (χ1n) is 5.93. The van der Waals surface area contributed by atoms with Crippen LogP contribution in [0.25, 0.3) is 0 Å². The Balaban J connectivity index is 2.30. The normalized spacial score (nSPS) is 10.2. The fourth-order valence-electron chi connectivity index (χ4n) is 1.79. The molecule has 2 aromatic carbocycles. The quantitative estimate of drug-likeness (QED) is 0.515. The lowest BCUT2D eigenvalue weighted by Gasteiger charge is -2.09. The standard InChI is InChI=1S/C14H11ClN2O4/c1-8-4-12(18)2-3-13(8)16-14(19)9-5-10(15)7-11(6-9)17(20)21/h2-7,18H,1H3,(H,16,19). The number of aromatic hydroxyl groups is 1. The number of hydrogen-bond donors (Lipinski definition) is 2. The Morgan fingerprint density at radius 2 is 2.00 bits per heavy atom. The van der Waals surface area contributed by atoms with Gasteiger partial charge in [0.15, 0.2) is 0 Å². The van der Waals surface area contributed by atoms with Gasteiger partial charge in [-0.1, -0.05) is 11.6 Å². The van der Waals surface area contributed by atoms with Crippen LogP contribution in [-0.4, -0.2) is 15.9 Å². The van der Waals surface area contributed by atoms with E-state index in [1.165, 1.54) is 24.3 Å². The van der Waals surface area contributed by atoms with Gasteiger partial charge >= 0.3 is 0 Å². The number of carbonyl (C=O) groups is 1. The molecule has 0 aliphatic heterocycles. The number of nitrogens with zero attached hydrogens (tertiary/aromatic N) is 1. The predicted octanol–water partition coefficient (Wildman–Crippen LogP) is 3.51. The number of nitro benzene ring substituents is 1. The summed E-state index contributed by atoms with van der Waals surface area (Å²) in [6, 6.07) is 8.14. The van der Waals surface area contributed by atoms with Crippen molar-refractivity contribution in [3.8, 4) is 5.75 Å². The summed E-state index contributed by atoms with van der Waals surface area (Å²) < 4.78 is 0. The third-order valence-corrected chi connectivity index (χ3v) is 3.03. The molecule has 0 aliphatic rings. The van der Waals surface area contributed by atoms with Crippen molar-refractivity contribution in [3.63, 3.8) is 0 Å². The molecule has 0 bridgehead atoms. The van der Waals surface area contributed by atoms with Gasteiger partial charge in [0.2, 0.25) is 0 Å². The van der Waals surface area contributed by atoms with E-state index in [-0.39, 0.29) is 22.0 Å². The van der Waals surface area contributed by atoms with Crippen molar-refractivity contribution < 1.29 is 14.8 Å². The van der Waals surface area contributed by atoms with E-state index in [0.29, 0.717) is 11.3 Å². The van der Waals surface area contributed by atoms with Crippen molar-refractivity contribution in [1.82, 2.24) is 0 Å². The van der Waals surface area contributed by atoms with Crippen LogP contribution in [0, 0.1) is 17.0 Å². The zero-order chi connectivity index (χ0) is 15.6. The molecule has 0 aliphatic carbocycles. The lowest BCUT2D eigenvalue weighted by molar-refractivity contribution is -0.384. The summed E-state index contributed by atoms with van der Waals surface area (Å²) in [5.41, 5.74) is 0.997. The Morgan fingerprint density at radius 3 is 2.62 bits per heavy atom. The molecular formula is C14H11ClN2O4. The van der Waals surface area contributed by atoms with Crippen molar-refractivity contribution in [2.75, 3.05) is 5.32 Å². The molecule has 1 amide bonds. The van der Waals surface area contributed by atoms with E-state index in [1.54, 1.807) is 13.0 Å². The highest BCUT2D eigenvalue weighted by Crippen LogP contribution is 2.24. The number of aryl methyl sites for hydroxylation is 1. The second-order valence-electron chi connectivity index (χ2n) is 4.41. The van der Waals surface area contributed by atoms with E-state index in [0.717, 1.165) is 6.07 Å². The van der Waals surface area contributed by atoms with E-state index >= 15 is 0 Å². The molecule has 2 aromatic rings. The number of non-ortho nitro benzene ring substituents is 1.